The molecule has 0 heterocycles. The van der Waals surface area contributed by atoms with E-state index in [1.165, 1.54) is 3.08 Å². The maximum atomic E-state index is 11.4. The number of rotatable bonds is 6. The molecule has 0 saturated carbocycles. The molecule has 0 aromatic rings. The summed E-state index contributed by atoms with van der Waals surface area (Å²) >= 11 is 1.70. The first-order chi connectivity index (χ1) is 7.04. The number of carbonyl (C=O) groups is 3. The Bertz CT molecular complexity index is 306. The first-order valence-corrected chi connectivity index (χ1v) is 6.63. The van der Waals surface area contributed by atoms with E-state index in [0.29, 0.717) is 0 Å². The summed E-state index contributed by atoms with van der Waals surface area (Å²) in [5.41, 5.74) is 0. The Morgan fingerprint density at radius 1 is 1.60 bits per heavy atom. The molecule has 0 fully saturated rings. The van der Waals surface area contributed by atoms with Gasteiger partial charge in [-0.25, -0.2) is 0 Å². The number of carbonyl (C=O) groups excluding carboxylic acids is 3. The molecular weight excluding hydrogens is 542 g/mol. The molecule has 0 spiro atoms. The third-order valence-corrected chi connectivity index (χ3v) is 3.58. The molecule has 0 aliphatic rings. The van der Waals surface area contributed by atoms with Gasteiger partial charge < -0.3 is 0 Å². The molecule has 1 N–H and O–H groups in total. The van der Waals surface area contributed by atoms with Crippen molar-refractivity contribution >= 4 is 18.1 Å². The molecule has 0 rings (SSSR count). The number of hydrogen-bond donors (Lipinski definition) is 1. The summed E-state index contributed by atoms with van der Waals surface area (Å²) in [6, 6.07) is -0.384. The average Bonchev–Trinajstić information content (AvgIpc) is 2.24. The van der Waals surface area contributed by atoms with Crippen molar-refractivity contribution in [2.24, 2.45) is 3.50 Å². The first kappa shape index (κ1) is 14.9. The van der Waals surface area contributed by atoms with E-state index in [0.717, 1.165) is 45.5 Å². The van der Waals surface area contributed by atoms with E-state index in [4.69, 9.17) is 0 Å². The molecule has 0 aromatic carbocycles. The molecule has 0 aliphatic heterocycles. The van der Waals surface area contributed by atoms with Gasteiger partial charge in [0.25, 0.3) is 0 Å². The van der Waals surface area contributed by atoms with Gasteiger partial charge in [0.2, 0.25) is 0 Å². The van der Waals surface area contributed by atoms with E-state index < -0.39 is 5.91 Å². The standard InChI is InChI=1S/C7H11N3O3.2W/c1-9-5(4-11)3-10-7(13)2-6(8)12;;/h4-5,9H,2-3H2,1H3,(H,10,13);;/q;;+2/p-1. The fourth-order valence-corrected chi connectivity index (χ4v) is 1.77. The maximum absolute atomic E-state index is 11.4. The molecule has 1 unspecified atom stereocenters. The van der Waals surface area contributed by atoms with Gasteiger partial charge in [0.1, 0.15) is 0 Å². The SMILES string of the molecule is CNC(C=O)C[N+](=[W])C(=O)CC(=O)[N]=[W]. The van der Waals surface area contributed by atoms with E-state index in [2.05, 4.69) is 8.81 Å². The van der Waals surface area contributed by atoms with Crippen LogP contribution in [0.5, 0.6) is 0 Å². The van der Waals surface area contributed by atoms with Crippen molar-refractivity contribution in [3.8, 4) is 0 Å². The zero-order valence-electron chi connectivity index (χ0n) is 8.00. The summed E-state index contributed by atoms with van der Waals surface area (Å²) in [7, 11) is 1.64. The Balaban J connectivity index is 4.21. The van der Waals surface area contributed by atoms with E-state index in [9.17, 15) is 14.4 Å². The molecule has 15 heavy (non-hydrogen) atoms. The second-order valence-corrected chi connectivity index (χ2v) is 4.89. The summed E-state index contributed by atoms with van der Waals surface area (Å²) in [5, 5.41) is 2.75. The Labute approximate surface area is 109 Å². The minimum atomic E-state index is -0.409. The zero-order chi connectivity index (χ0) is 11.8. The normalized spacial score (nSPS) is 11.5. The van der Waals surface area contributed by atoms with Crippen LogP contribution in [0.1, 0.15) is 6.42 Å². The van der Waals surface area contributed by atoms with Crippen LogP contribution in [-0.4, -0.2) is 40.8 Å². The predicted octanol–water partition coefficient (Wildman–Crippen LogP) is -1.31. The number of nitrogens with zero attached hydrogens (tertiary/aromatic N) is 2. The van der Waals surface area contributed by atoms with Crippen molar-refractivity contribution in [2.45, 2.75) is 12.5 Å². The summed E-state index contributed by atoms with van der Waals surface area (Å²) in [5.74, 6) is -0.699. The van der Waals surface area contributed by atoms with E-state index in [1.54, 1.807) is 7.05 Å². The summed E-state index contributed by atoms with van der Waals surface area (Å²) in [6.07, 6.45) is 0.529. The fourth-order valence-electron chi connectivity index (χ4n) is 0.733. The van der Waals surface area contributed by atoms with E-state index in [-0.39, 0.29) is 24.9 Å². The molecular formula is C7H10N3O3W2+. The Morgan fingerprint density at radius 3 is 2.60 bits per heavy atom. The molecule has 0 bridgehead atoms. The molecule has 0 saturated heterocycles. The molecule has 0 aliphatic carbocycles. The van der Waals surface area contributed by atoms with Gasteiger partial charge in [0.05, 0.1) is 0 Å². The third kappa shape index (κ3) is 6.18. The monoisotopic (exact) mass is 552 g/mol. The van der Waals surface area contributed by atoms with Gasteiger partial charge in [-0.15, -0.1) is 0 Å². The van der Waals surface area contributed by atoms with Crippen LogP contribution >= 0.6 is 0 Å². The molecule has 2 amide bonds. The van der Waals surface area contributed by atoms with Crippen LogP contribution in [0.3, 0.4) is 0 Å². The Morgan fingerprint density at radius 2 is 2.20 bits per heavy atom. The molecule has 1 atom stereocenters. The first-order valence-electron chi connectivity index (χ1n) is 4.01. The van der Waals surface area contributed by atoms with Crippen molar-refractivity contribution < 1.29 is 56.7 Å². The Hall–Kier alpha value is -0.0534. The van der Waals surface area contributed by atoms with Crippen molar-refractivity contribution in [1.29, 1.82) is 0 Å². The van der Waals surface area contributed by atoms with Crippen LogP contribution in [0.15, 0.2) is 3.50 Å². The van der Waals surface area contributed by atoms with Crippen LogP contribution in [-0.2, 0) is 53.6 Å². The average molecular weight is 552 g/mol. The van der Waals surface area contributed by atoms with E-state index >= 15 is 0 Å². The van der Waals surface area contributed by atoms with Crippen LogP contribution in [0.4, 0.5) is 0 Å². The molecule has 0 aromatic heterocycles. The van der Waals surface area contributed by atoms with Crippen LogP contribution < -0.4 is 5.32 Å². The zero-order valence-corrected chi connectivity index (χ0v) is 13.9. The molecule has 82 valence electrons. The van der Waals surface area contributed by atoms with Crippen molar-refractivity contribution in [2.75, 3.05) is 13.6 Å². The van der Waals surface area contributed by atoms with Gasteiger partial charge >= 0.3 is 110 Å². The summed E-state index contributed by atoms with van der Waals surface area (Å²) in [4.78, 5) is 32.8. The van der Waals surface area contributed by atoms with Gasteiger partial charge in [-0.2, -0.15) is 0 Å². The predicted molar refractivity (Wildman–Crippen MR) is 41.1 cm³/mol. The van der Waals surface area contributed by atoms with Gasteiger partial charge in [-0.05, 0) is 0 Å². The molecule has 6 nitrogen and oxygen atoms in total. The van der Waals surface area contributed by atoms with Crippen molar-refractivity contribution in [3.63, 3.8) is 0 Å². The van der Waals surface area contributed by atoms with Crippen LogP contribution in [0.25, 0.3) is 0 Å². The van der Waals surface area contributed by atoms with Crippen LogP contribution in [0.2, 0.25) is 0 Å². The van der Waals surface area contributed by atoms with Gasteiger partial charge in [-0.3, -0.25) is 0 Å². The van der Waals surface area contributed by atoms with E-state index in [1.807, 2.05) is 0 Å². The molecule has 0 radical (unpaired) electrons. The molecule has 8 heteroatoms. The Kier molecular flexibility index (Phi) is 8.11. The number of amides is 2. The number of likely N-dealkylation sites (N-methyl/N-ethyl adjacent to an activating group) is 1. The quantitative estimate of drug-likeness (QED) is 0.329. The second-order valence-electron chi connectivity index (χ2n) is 2.65. The van der Waals surface area contributed by atoms with Gasteiger partial charge in [-0.1, -0.05) is 0 Å². The summed E-state index contributed by atoms with van der Waals surface area (Å²) in [6.45, 7) is 0.290. The number of aldehydes is 1. The summed E-state index contributed by atoms with van der Waals surface area (Å²) < 4.78 is 4.88. The minimum absolute atomic E-state index is 0.206. The van der Waals surface area contributed by atoms with Gasteiger partial charge in [0.15, 0.2) is 0 Å². The van der Waals surface area contributed by atoms with Crippen molar-refractivity contribution in [3.05, 3.63) is 0 Å². The van der Waals surface area contributed by atoms with Gasteiger partial charge in [0, 0.05) is 0 Å². The number of nitrogens with one attached hydrogen (secondary N) is 1. The topological polar surface area (TPSA) is 78.6 Å². The number of hydrogen-bond acceptors (Lipinski definition) is 4. The van der Waals surface area contributed by atoms with Crippen molar-refractivity contribution in [1.82, 2.24) is 5.32 Å². The van der Waals surface area contributed by atoms with Crippen LogP contribution in [0, 0.1) is 0 Å². The third-order valence-electron chi connectivity index (χ3n) is 1.58. The fraction of sp³-hybridized carbons (Fsp3) is 0.571. The second kappa shape index (κ2) is 8.14.